The minimum absolute atomic E-state index is 0.00921. The summed E-state index contributed by atoms with van der Waals surface area (Å²) in [6.07, 6.45) is -2.08. The fourth-order valence-corrected chi connectivity index (χ4v) is 1.45. The Morgan fingerprint density at radius 2 is 2.25 bits per heavy atom. The molecule has 0 aliphatic carbocycles. The molecule has 7 heteroatoms. The van der Waals surface area contributed by atoms with Crippen molar-refractivity contribution in [3.05, 3.63) is 26.8 Å². The molecule has 0 amide bonds. The van der Waals surface area contributed by atoms with Crippen molar-refractivity contribution in [2.24, 2.45) is 0 Å². The first kappa shape index (κ1) is 13.2. The van der Waals surface area contributed by atoms with Crippen molar-refractivity contribution in [3.8, 4) is 0 Å². The maximum atomic E-state index is 13.5. The van der Waals surface area contributed by atoms with E-state index in [0.717, 1.165) is 6.20 Å². The van der Waals surface area contributed by atoms with Gasteiger partial charge < -0.3 is 4.74 Å². The third-order valence-corrected chi connectivity index (χ3v) is 2.44. The molecule has 0 aliphatic rings. The van der Waals surface area contributed by atoms with Gasteiger partial charge >= 0.3 is 5.97 Å². The highest BCUT2D eigenvalue weighted by Gasteiger charge is 2.26. The number of carbonyl (C=O) groups is 1. The molecule has 0 spiro atoms. The van der Waals surface area contributed by atoms with Crippen LogP contribution in [0.2, 0.25) is 0 Å². The van der Waals surface area contributed by atoms with Crippen LogP contribution in [-0.4, -0.2) is 17.6 Å². The highest BCUT2D eigenvalue weighted by Crippen LogP contribution is 2.25. The number of pyridine rings is 1. The van der Waals surface area contributed by atoms with Crippen molar-refractivity contribution >= 4 is 28.6 Å². The topological polar surface area (TPSA) is 39.2 Å². The zero-order valence-corrected chi connectivity index (χ0v) is 10.3. The van der Waals surface area contributed by atoms with Gasteiger partial charge in [-0.05, 0) is 29.5 Å². The van der Waals surface area contributed by atoms with Crippen LogP contribution in [0.1, 0.15) is 29.4 Å². The molecule has 1 heterocycles. The molecule has 1 aromatic rings. The Hall–Kier alpha value is -0.860. The van der Waals surface area contributed by atoms with Gasteiger partial charge in [-0.3, -0.25) is 4.98 Å². The molecule has 1 rings (SSSR count). The summed E-state index contributed by atoms with van der Waals surface area (Å²) in [6, 6.07) is 0. The Balaban J connectivity index is 3.31. The quantitative estimate of drug-likeness (QED) is 0.625. The van der Waals surface area contributed by atoms with Crippen LogP contribution in [0.4, 0.5) is 13.2 Å². The van der Waals surface area contributed by atoms with Crippen molar-refractivity contribution in [1.29, 1.82) is 0 Å². The molecule has 0 bridgehead atoms. The molecule has 0 unspecified atom stereocenters. The van der Waals surface area contributed by atoms with Gasteiger partial charge in [0.15, 0.2) is 5.82 Å². The van der Waals surface area contributed by atoms with E-state index in [1.807, 2.05) is 0 Å². The number of nitrogens with zero attached hydrogens (tertiary/aromatic N) is 1. The maximum absolute atomic E-state index is 13.5. The van der Waals surface area contributed by atoms with Crippen LogP contribution in [0.15, 0.2) is 6.20 Å². The lowest BCUT2D eigenvalue weighted by Gasteiger charge is -2.09. The number of aromatic nitrogens is 1. The largest absolute Gasteiger partial charge is 0.462 e. The van der Waals surface area contributed by atoms with Crippen LogP contribution < -0.4 is 0 Å². The van der Waals surface area contributed by atoms with E-state index in [1.54, 1.807) is 22.6 Å². The van der Waals surface area contributed by atoms with Crippen molar-refractivity contribution in [3.63, 3.8) is 0 Å². The number of rotatable bonds is 3. The lowest BCUT2D eigenvalue weighted by Crippen LogP contribution is -2.14. The van der Waals surface area contributed by atoms with Crippen molar-refractivity contribution in [2.75, 3.05) is 6.61 Å². The van der Waals surface area contributed by atoms with E-state index in [-0.39, 0.29) is 10.2 Å². The molecular weight excluding hydrogens is 338 g/mol. The third kappa shape index (κ3) is 2.63. The molecule has 16 heavy (non-hydrogen) atoms. The second-order valence-electron chi connectivity index (χ2n) is 2.70. The van der Waals surface area contributed by atoms with Crippen molar-refractivity contribution in [2.45, 2.75) is 13.3 Å². The Bertz CT molecular complexity index is 412. The van der Waals surface area contributed by atoms with E-state index in [1.165, 1.54) is 6.92 Å². The van der Waals surface area contributed by atoms with Gasteiger partial charge in [-0.2, -0.15) is 0 Å². The summed E-state index contributed by atoms with van der Waals surface area (Å²) < 4.78 is 43.0. The van der Waals surface area contributed by atoms with Crippen LogP contribution in [0.3, 0.4) is 0 Å². The summed E-state index contributed by atoms with van der Waals surface area (Å²) in [4.78, 5) is 14.6. The Morgan fingerprint density at radius 1 is 1.62 bits per heavy atom. The van der Waals surface area contributed by atoms with E-state index in [9.17, 15) is 18.0 Å². The number of halogens is 4. The highest BCUT2D eigenvalue weighted by atomic mass is 127. The molecule has 0 N–H and O–H groups in total. The summed E-state index contributed by atoms with van der Waals surface area (Å²) in [6.45, 7) is 1.48. The number of alkyl halides is 2. The first-order valence-electron chi connectivity index (χ1n) is 4.28. The molecular formula is C9H7F3INO2. The lowest BCUT2D eigenvalue weighted by atomic mass is 10.2. The predicted molar refractivity (Wildman–Crippen MR) is 57.8 cm³/mol. The van der Waals surface area contributed by atoms with Crippen molar-refractivity contribution < 1.29 is 22.7 Å². The van der Waals surface area contributed by atoms with Gasteiger partial charge in [-0.25, -0.2) is 18.0 Å². The Labute approximate surface area is 103 Å². The van der Waals surface area contributed by atoms with Crippen LogP contribution >= 0.6 is 22.6 Å². The molecule has 0 aliphatic heterocycles. The van der Waals surface area contributed by atoms with Gasteiger partial charge in [0.1, 0.15) is 11.3 Å². The van der Waals surface area contributed by atoms with Gasteiger partial charge in [0.25, 0.3) is 6.43 Å². The standard InChI is InChI=1S/C9H7F3INO2/c1-2-16-9(15)5-6(10)4(13)3-14-7(5)8(11)12/h3,8H,2H2,1H3. The van der Waals surface area contributed by atoms with Gasteiger partial charge in [0.05, 0.1) is 10.2 Å². The van der Waals surface area contributed by atoms with Gasteiger partial charge in [0, 0.05) is 6.20 Å². The molecule has 1 aromatic heterocycles. The SMILES string of the molecule is CCOC(=O)c1c(C(F)F)ncc(I)c1F. The van der Waals surface area contributed by atoms with E-state index >= 15 is 0 Å². The Morgan fingerprint density at radius 3 is 2.75 bits per heavy atom. The third-order valence-electron chi connectivity index (χ3n) is 1.69. The molecule has 0 saturated carbocycles. The molecule has 0 atom stereocenters. The second kappa shape index (κ2) is 5.46. The lowest BCUT2D eigenvalue weighted by molar-refractivity contribution is 0.0506. The number of hydrogen-bond donors (Lipinski definition) is 0. The molecule has 0 fully saturated rings. The number of hydrogen-bond acceptors (Lipinski definition) is 3. The average molecular weight is 345 g/mol. The number of esters is 1. The minimum Gasteiger partial charge on any atom is -0.462 e. The molecule has 0 radical (unpaired) electrons. The number of ether oxygens (including phenoxy) is 1. The smallest absolute Gasteiger partial charge is 0.343 e. The van der Waals surface area contributed by atoms with Crippen LogP contribution in [0.25, 0.3) is 0 Å². The average Bonchev–Trinajstić information content (AvgIpc) is 2.21. The van der Waals surface area contributed by atoms with E-state index in [4.69, 9.17) is 0 Å². The van der Waals surface area contributed by atoms with Gasteiger partial charge in [-0.15, -0.1) is 0 Å². The van der Waals surface area contributed by atoms with E-state index in [2.05, 4.69) is 9.72 Å². The monoisotopic (exact) mass is 345 g/mol. The first-order chi connectivity index (χ1) is 7.49. The second-order valence-corrected chi connectivity index (χ2v) is 3.86. The van der Waals surface area contributed by atoms with Crippen LogP contribution in [-0.2, 0) is 4.74 Å². The van der Waals surface area contributed by atoms with E-state index < -0.39 is 29.5 Å². The maximum Gasteiger partial charge on any atom is 0.343 e. The normalized spacial score (nSPS) is 10.6. The fraction of sp³-hybridized carbons (Fsp3) is 0.333. The summed E-state index contributed by atoms with van der Waals surface area (Å²) in [5, 5.41) is 0. The zero-order valence-electron chi connectivity index (χ0n) is 8.14. The molecule has 88 valence electrons. The summed E-state index contributed by atoms with van der Waals surface area (Å²) in [5.74, 6) is -2.15. The van der Waals surface area contributed by atoms with E-state index in [0.29, 0.717) is 0 Å². The fourth-order valence-electron chi connectivity index (χ4n) is 1.04. The summed E-state index contributed by atoms with van der Waals surface area (Å²) >= 11 is 1.56. The van der Waals surface area contributed by atoms with Crippen LogP contribution in [0.5, 0.6) is 0 Å². The minimum atomic E-state index is -3.02. The molecule has 0 aromatic carbocycles. The number of carbonyl (C=O) groups excluding carboxylic acids is 1. The highest BCUT2D eigenvalue weighted by molar-refractivity contribution is 14.1. The first-order valence-corrected chi connectivity index (χ1v) is 5.36. The molecule has 0 saturated heterocycles. The van der Waals surface area contributed by atoms with Gasteiger partial charge in [0.2, 0.25) is 0 Å². The van der Waals surface area contributed by atoms with Crippen LogP contribution in [0, 0.1) is 9.39 Å². The molecule has 3 nitrogen and oxygen atoms in total. The summed E-state index contributed by atoms with van der Waals surface area (Å²) in [7, 11) is 0. The zero-order chi connectivity index (χ0) is 12.3. The van der Waals surface area contributed by atoms with Gasteiger partial charge in [-0.1, -0.05) is 0 Å². The van der Waals surface area contributed by atoms with Crippen molar-refractivity contribution in [1.82, 2.24) is 4.98 Å². The Kier molecular flexibility index (Phi) is 4.51. The predicted octanol–water partition coefficient (Wildman–Crippen LogP) is 2.94. The summed E-state index contributed by atoms with van der Waals surface area (Å²) in [5.41, 5.74) is -1.68.